The molecule has 0 aliphatic rings. The number of hydrogen-bond donors (Lipinski definition) is 2. The van der Waals surface area contributed by atoms with Gasteiger partial charge in [-0.1, -0.05) is 52.3 Å². The lowest BCUT2D eigenvalue weighted by molar-refractivity contribution is -0.145. The van der Waals surface area contributed by atoms with Crippen LogP contribution in [0.25, 0.3) is 0 Å². The molecule has 1 aromatic rings. The number of ether oxygens (including phenoxy) is 2. The largest absolute Gasteiger partial charge is 0.464 e. The highest BCUT2D eigenvalue weighted by atomic mass is 31.2. The summed E-state index contributed by atoms with van der Waals surface area (Å²) in [5.74, 6) is -0.299. The zero-order valence-corrected chi connectivity index (χ0v) is 23.0. The minimum atomic E-state index is -1.66. The van der Waals surface area contributed by atoms with Gasteiger partial charge in [0.25, 0.3) is 5.91 Å². The Morgan fingerprint density at radius 3 is 2.50 bits per heavy atom. The van der Waals surface area contributed by atoms with Crippen molar-refractivity contribution < 1.29 is 32.9 Å². The van der Waals surface area contributed by atoms with Crippen molar-refractivity contribution in [3.05, 3.63) is 42.6 Å². The highest BCUT2D eigenvalue weighted by Crippen LogP contribution is 2.35. The average Bonchev–Trinajstić information content (AvgIpc) is 2.83. The Labute approximate surface area is 215 Å². The lowest BCUT2D eigenvalue weighted by atomic mass is 9.99. The van der Waals surface area contributed by atoms with Crippen LogP contribution in [-0.4, -0.2) is 62.3 Å². The number of hydrogen-bond acceptors (Lipinski definition) is 9. The topological polar surface area (TPSA) is 115 Å². The maximum Gasteiger partial charge on any atom is 0.320 e. The van der Waals surface area contributed by atoms with Crippen molar-refractivity contribution in [3.63, 3.8) is 0 Å². The molecule has 11 heteroatoms. The van der Waals surface area contributed by atoms with E-state index in [4.69, 9.17) is 18.5 Å². The first-order valence-corrected chi connectivity index (χ1v) is 13.1. The van der Waals surface area contributed by atoms with Gasteiger partial charge in [-0.15, -0.1) is 0 Å². The van der Waals surface area contributed by atoms with Crippen molar-refractivity contribution in [2.45, 2.75) is 59.8 Å². The summed E-state index contributed by atoms with van der Waals surface area (Å²) in [4.78, 5) is 35.7. The highest BCUT2D eigenvalue weighted by Gasteiger charge is 2.21. The summed E-state index contributed by atoms with van der Waals surface area (Å²) in [6, 6.07) is 9.20. The van der Waals surface area contributed by atoms with E-state index in [1.54, 1.807) is 11.9 Å². The smallest absolute Gasteiger partial charge is 0.320 e. The molecule has 0 fully saturated rings. The minimum Gasteiger partial charge on any atom is -0.464 e. The van der Waals surface area contributed by atoms with E-state index in [1.807, 2.05) is 70.3 Å². The van der Waals surface area contributed by atoms with E-state index in [0.29, 0.717) is 18.8 Å². The number of benzene rings is 1. The van der Waals surface area contributed by atoms with Gasteiger partial charge in [0.15, 0.2) is 0 Å². The van der Waals surface area contributed by atoms with E-state index in [1.165, 1.54) is 12.3 Å². The number of carbonyl (C=O) groups excluding carboxylic acids is 3. The van der Waals surface area contributed by atoms with Gasteiger partial charge in [0.2, 0.25) is 6.41 Å². The monoisotopic (exact) mass is 525 g/mol. The SMILES string of the molecule is CCC[C@@H](COP(NCC(=O)OCC(C)(C)C)Oc1ccccc1)O[C@H](C)N(C)/C=C\C(=O)NC=O. The zero-order chi connectivity index (χ0) is 27.0. The van der Waals surface area contributed by atoms with Crippen LogP contribution < -0.4 is 14.9 Å². The quantitative estimate of drug-likeness (QED) is 0.103. The summed E-state index contributed by atoms with van der Waals surface area (Å²) in [6.07, 6.45) is 4.08. The summed E-state index contributed by atoms with van der Waals surface area (Å²) >= 11 is 0. The molecule has 3 atom stereocenters. The molecule has 0 heterocycles. The first-order valence-electron chi connectivity index (χ1n) is 11.9. The summed E-state index contributed by atoms with van der Waals surface area (Å²) < 4.78 is 23.4. The molecule has 2 amide bonds. The molecule has 202 valence electrons. The fraction of sp³-hybridized carbons (Fsp3) is 0.560. The van der Waals surface area contributed by atoms with Crippen LogP contribution in [0.3, 0.4) is 0 Å². The fourth-order valence-corrected chi connectivity index (χ4v) is 3.69. The lowest BCUT2D eigenvalue weighted by Crippen LogP contribution is -2.34. The molecule has 0 spiro atoms. The van der Waals surface area contributed by atoms with Gasteiger partial charge in [-0.3, -0.25) is 19.7 Å². The summed E-state index contributed by atoms with van der Waals surface area (Å²) in [5, 5.41) is 5.06. The first-order chi connectivity index (χ1) is 17.0. The number of rotatable bonds is 17. The molecular weight excluding hydrogens is 485 g/mol. The molecule has 2 N–H and O–H groups in total. The van der Waals surface area contributed by atoms with Gasteiger partial charge in [0, 0.05) is 19.3 Å². The summed E-state index contributed by atoms with van der Waals surface area (Å²) in [7, 11) is 0.103. The van der Waals surface area contributed by atoms with Crippen molar-refractivity contribution in [1.82, 2.24) is 15.3 Å². The molecular formula is C25H40N3O7P. The standard InChI is InChI=1S/C25H40N3O7P/c1-7-11-22(34-20(2)28(6)15-14-23(30)26-19-29)17-33-36(35-21-12-9-8-10-13-21)27-16-24(31)32-18-25(3,4)5/h8-10,12-15,19-20,22,27H,7,11,16-18H2,1-6H3,(H,26,29,30)/b15-14-/t20-,22+,36?/m1/s1. The molecule has 36 heavy (non-hydrogen) atoms. The third kappa shape index (κ3) is 14.8. The van der Waals surface area contributed by atoms with Crippen LogP contribution in [0.2, 0.25) is 0 Å². The second-order valence-electron chi connectivity index (χ2n) is 9.27. The summed E-state index contributed by atoms with van der Waals surface area (Å²) in [6.45, 7) is 10.3. The molecule has 0 saturated heterocycles. The van der Waals surface area contributed by atoms with Crippen molar-refractivity contribution in [3.8, 4) is 5.75 Å². The van der Waals surface area contributed by atoms with Crippen molar-refractivity contribution in [1.29, 1.82) is 0 Å². The number of para-hydroxylation sites is 1. The third-order valence-corrected chi connectivity index (χ3v) is 5.74. The number of nitrogens with zero attached hydrogens (tertiary/aromatic N) is 1. The Bertz CT molecular complexity index is 818. The molecule has 0 aliphatic heterocycles. The Hall–Kier alpha value is -2.52. The van der Waals surface area contributed by atoms with E-state index in [-0.39, 0.29) is 36.9 Å². The molecule has 0 aliphatic carbocycles. The maximum absolute atomic E-state index is 12.2. The van der Waals surface area contributed by atoms with Crippen LogP contribution in [0.15, 0.2) is 42.6 Å². The Balaban J connectivity index is 2.73. The van der Waals surface area contributed by atoms with E-state index in [2.05, 4.69) is 5.09 Å². The van der Waals surface area contributed by atoms with Gasteiger partial charge < -0.3 is 23.4 Å². The van der Waals surface area contributed by atoms with Gasteiger partial charge >= 0.3 is 14.5 Å². The molecule has 10 nitrogen and oxygen atoms in total. The van der Waals surface area contributed by atoms with Gasteiger partial charge in [0.1, 0.15) is 18.5 Å². The van der Waals surface area contributed by atoms with Gasteiger partial charge in [-0.25, -0.2) is 5.09 Å². The van der Waals surface area contributed by atoms with Crippen LogP contribution in [0, 0.1) is 5.41 Å². The van der Waals surface area contributed by atoms with Crippen molar-refractivity contribution >= 4 is 26.8 Å². The normalized spacial score (nSPS) is 14.1. The number of nitrogens with one attached hydrogen (secondary N) is 2. The lowest BCUT2D eigenvalue weighted by Gasteiger charge is -2.29. The van der Waals surface area contributed by atoms with Gasteiger partial charge in [0.05, 0.1) is 19.3 Å². The van der Waals surface area contributed by atoms with E-state index < -0.39 is 14.4 Å². The number of amides is 2. The summed E-state index contributed by atoms with van der Waals surface area (Å²) in [5.41, 5.74) is -0.126. The molecule has 0 bridgehead atoms. The molecule has 1 rings (SSSR count). The van der Waals surface area contributed by atoms with E-state index >= 15 is 0 Å². The molecule has 0 saturated carbocycles. The predicted octanol–water partition coefficient (Wildman–Crippen LogP) is 3.74. The van der Waals surface area contributed by atoms with Gasteiger partial charge in [-0.05, 0) is 30.9 Å². The number of carbonyl (C=O) groups is 3. The fourth-order valence-electron chi connectivity index (χ4n) is 2.61. The van der Waals surface area contributed by atoms with Crippen LogP contribution in [-0.2, 0) is 28.4 Å². The average molecular weight is 526 g/mol. The van der Waals surface area contributed by atoms with Gasteiger partial charge in [-0.2, -0.15) is 0 Å². The minimum absolute atomic E-state index is 0.0549. The second kappa shape index (κ2) is 17.0. The van der Waals surface area contributed by atoms with E-state index in [0.717, 1.165) is 12.8 Å². The van der Waals surface area contributed by atoms with Crippen molar-refractivity contribution in [2.24, 2.45) is 5.41 Å². The maximum atomic E-state index is 12.2. The third-order valence-electron chi connectivity index (χ3n) is 4.56. The second-order valence-corrected chi connectivity index (χ2v) is 10.5. The molecule has 0 radical (unpaired) electrons. The van der Waals surface area contributed by atoms with Crippen LogP contribution >= 0.6 is 8.53 Å². The zero-order valence-electron chi connectivity index (χ0n) is 22.1. The molecule has 1 unspecified atom stereocenters. The van der Waals surface area contributed by atoms with Crippen molar-refractivity contribution in [2.75, 3.05) is 26.8 Å². The number of imide groups is 1. The Morgan fingerprint density at radius 2 is 1.89 bits per heavy atom. The van der Waals surface area contributed by atoms with Crippen LogP contribution in [0.5, 0.6) is 5.75 Å². The molecule has 1 aromatic carbocycles. The number of esters is 1. The van der Waals surface area contributed by atoms with Crippen LogP contribution in [0.1, 0.15) is 47.5 Å². The predicted molar refractivity (Wildman–Crippen MR) is 139 cm³/mol. The van der Waals surface area contributed by atoms with Crippen LogP contribution in [0.4, 0.5) is 0 Å². The molecule has 0 aromatic heterocycles. The first kappa shape index (κ1) is 31.5. The highest BCUT2D eigenvalue weighted by molar-refractivity contribution is 7.45. The Morgan fingerprint density at radius 1 is 1.19 bits per heavy atom. The van der Waals surface area contributed by atoms with E-state index in [9.17, 15) is 14.4 Å². The Kier molecular flexibility index (Phi) is 14.9.